The quantitative estimate of drug-likeness (QED) is 0.268. The fraction of sp³-hybridized carbons (Fsp3) is 0.323. The molecule has 2 aromatic heterocycles. The maximum atomic E-state index is 15.3. The summed E-state index contributed by atoms with van der Waals surface area (Å²) >= 11 is 0. The van der Waals surface area contributed by atoms with Crippen LogP contribution in [0.15, 0.2) is 65.6 Å². The van der Waals surface area contributed by atoms with Gasteiger partial charge in [-0.2, -0.15) is 0 Å². The van der Waals surface area contributed by atoms with Crippen molar-refractivity contribution in [1.29, 1.82) is 0 Å². The van der Waals surface area contributed by atoms with E-state index in [0.29, 0.717) is 48.3 Å². The van der Waals surface area contributed by atoms with E-state index in [9.17, 15) is 14.7 Å². The van der Waals surface area contributed by atoms with Gasteiger partial charge >= 0.3 is 0 Å². The number of carbonyl (C=O) groups excluding carboxylic acids is 1. The first-order valence-corrected chi connectivity index (χ1v) is 13.9. The molecule has 0 aliphatic carbocycles. The van der Waals surface area contributed by atoms with Gasteiger partial charge in [0.25, 0.3) is 11.5 Å². The average molecular weight is 591 g/mol. The number of nitrogens with two attached hydrogens (primary N) is 1. The molecule has 4 aromatic rings. The highest BCUT2D eigenvalue weighted by Gasteiger charge is 2.27. The Balaban J connectivity index is 1.39. The molecule has 12 heteroatoms. The van der Waals surface area contributed by atoms with Crippen LogP contribution < -0.4 is 21.3 Å². The molecule has 0 bridgehead atoms. The van der Waals surface area contributed by atoms with Crippen molar-refractivity contribution in [3.63, 3.8) is 0 Å². The third kappa shape index (κ3) is 6.77. The van der Waals surface area contributed by atoms with Crippen molar-refractivity contribution in [1.82, 2.24) is 19.2 Å². The van der Waals surface area contributed by atoms with Crippen molar-refractivity contribution >= 4 is 17.4 Å². The Morgan fingerprint density at radius 2 is 1.86 bits per heavy atom. The molecule has 11 nitrogen and oxygen atoms in total. The van der Waals surface area contributed by atoms with Gasteiger partial charge in [-0.1, -0.05) is 18.2 Å². The third-order valence-electron chi connectivity index (χ3n) is 7.10. The monoisotopic (exact) mass is 590 g/mol. The van der Waals surface area contributed by atoms with Gasteiger partial charge in [0.2, 0.25) is 0 Å². The van der Waals surface area contributed by atoms with Crippen LogP contribution in [0, 0.1) is 12.7 Å². The van der Waals surface area contributed by atoms with Crippen LogP contribution in [0.2, 0.25) is 0 Å². The Morgan fingerprint density at radius 3 is 2.53 bits per heavy atom. The Hall–Kier alpha value is -4.52. The van der Waals surface area contributed by atoms with E-state index in [-0.39, 0.29) is 23.5 Å². The number of hydrogen-bond acceptors (Lipinski definition) is 8. The molecule has 0 radical (unpaired) electrons. The van der Waals surface area contributed by atoms with Crippen molar-refractivity contribution in [2.45, 2.75) is 39.5 Å². The lowest BCUT2D eigenvalue weighted by molar-refractivity contribution is 0.0340. The highest BCUT2D eigenvalue weighted by atomic mass is 19.1. The molecule has 2 aromatic carbocycles. The van der Waals surface area contributed by atoms with Gasteiger partial charge in [0.15, 0.2) is 11.6 Å². The van der Waals surface area contributed by atoms with Gasteiger partial charge in [-0.3, -0.25) is 19.2 Å². The maximum absolute atomic E-state index is 15.3. The molecule has 0 atom stereocenters. The van der Waals surface area contributed by atoms with Gasteiger partial charge in [-0.05, 0) is 51.1 Å². The summed E-state index contributed by atoms with van der Waals surface area (Å²) in [6.45, 7) is 8.08. The molecule has 0 unspecified atom stereocenters. The van der Waals surface area contributed by atoms with E-state index < -0.39 is 22.9 Å². The molecular weight excluding hydrogens is 555 g/mol. The molecule has 226 valence electrons. The number of morpholine rings is 1. The summed E-state index contributed by atoms with van der Waals surface area (Å²) in [5, 5.41) is 13.1. The summed E-state index contributed by atoms with van der Waals surface area (Å²) in [5.74, 6) is -0.819. The van der Waals surface area contributed by atoms with Crippen LogP contribution in [0.1, 0.15) is 35.5 Å². The van der Waals surface area contributed by atoms with Crippen molar-refractivity contribution in [3.8, 4) is 17.2 Å². The van der Waals surface area contributed by atoms with Gasteiger partial charge in [0, 0.05) is 37.6 Å². The summed E-state index contributed by atoms with van der Waals surface area (Å²) in [4.78, 5) is 33.2. The van der Waals surface area contributed by atoms with Crippen molar-refractivity contribution in [2.24, 2.45) is 0 Å². The maximum Gasteiger partial charge on any atom is 0.284 e. The second-order valence-corrected chi connectivity index (χ2v) is 11.0. The number of hydrogen-bond donors (Lipinski definition) is 3. The second-order valence-electron chi connectivity index (χ2n) is 11.0. The van der Waals surface area contributed by atoms with Crippen LogP contribution in [0.25, 0.3) is 5.69 Å². The zero-order chi connectivity index (χ0) is 30.7. The topological polar surface area (TPSA) is 137 Å². The zero-order valence-corrected chi connectivity index (χ0v) is 24.3. The molecule has 1 aliphatic rings. The highest BCUT2D eigenvalue weighted by molar-refractivity contribution is 6.05. The molecule has 3 heterocycles. The number of rotatable bonds is 9. The second kappa shape index (κ2) is 12.4. The summed E-state index contributed by atoms with van der Waals surface area (Å²) in [7, 11) is 0. The minimum atomic E-state index is -1.17. The van der Waals surface area contributed by atoms with Gasteiger partial charge < -0.3 is 25.6 Å². The summed E-state index contributed by atoms with van der Waals surface area (Å²) < 4.78 is 29.5. The van der Waals surface area contributed by atoms with Crippen molar-refractivity contribution < 1.29 is 23.8 Å². The molecule has 1 saturated heterocycles. The van der Waals surface area contributed by atoms with E-state index in [1.807, 2.05) is 6.07 Å². The number of nitrogens with one attached hydrogen (secondary N) is 1. The normalized spacial score (nSPS) is 14.1. The molecule has 5 rings (SSSR count). The van der Waals surface area contributed by atoms with E-state index in [1.54, 1.807) is 55.8 Å². The number of aliphatic hydroxyl groups is 1. The van der Waals surface area contributed by atoms with Gasteiger partial charge in [-0.25, -0.2) is 14.1 Å². The number of nitrogen functional groups attached to an aromatic ring is 1. The number of ether oxygens (including phenoxy) is 2. The standard InChI is InChI=1S/C31H35FN6O5/c1-20-27(30(40)38(22-7-5-4-6-8-22)37(20)19-31(2,3)41)29(39)35-21-9-10-26(24(32)17-21)43-25-11-12-34-28(33)23(25)18-36-13-15-42-16-14-36/h4-12,17,41H,13-16,18-19H2,1-3H3,(H2,33,34)(H,35,39). The first-order chi connectivity index (χ1) is 20.5. The lowest BCUT2D eigenvalue weighted by Gasteiger charge is -2.27. The van der Waals surface area contributed by atoms with E-state index in [4.69, 9.17) is 15.2 Å². The van der Waals surface area contributed by atoms with Crippen LogP contribution in [0.5, 0.6) is 11.5 Å². The Morgan fingerprint density at radius 1 is 1.14 bits per heavy atom. The predicted molar refractivity (Wildman–Crippen MR) is 160 cm³/mol. The number of aromatic nitrogens is 3. The van der Waals surface area contributed by atoms with Crippen LogP contribution in [0.4, 0.5) is 15.9 Å². The van der Waals surface area contributed by atoms with E-state index >= 15 is 4.39 Å². The molecule has 43 heavy (non-hydrogen) atoms. The van der Waals surface area contributed by atoms with Gasteiger partial charge in [0.05, 0.1) is 42.3 Å². The van der Waals surface area contributed by atoms with Crippen LogP contribution in [-0.4, -0.2) is 62.2 Å². The smallest absolute Gasteiger partial charge is 0.284 e. The number of halogens is 1. The number of anilines is 2. The Labute approximate surface area is 248 Å². The van der Waals surface area contributed by atoms with Crippen LogP contribution >= 0.6 is 0 Å². The molecule has 1 amide bonds. The fourth-order valence-electron chi connectivity index (χ4n) is 4.99. The average Bonchev–Trinajstić information content (AvgIpc) is 3.20. The summed E-state index contributed by atoms with van der Waals surface area (Å²) in [6.07, 6.45) is 1.49. The largest absolute Gasteiger partial charge is 0.454 e. The molecule has 1 fully saturated rings. The van der Waals surface area contributed by atoms with Crippen LogP contribution in [-0.2, 0) is 17.8 Å². The lowest BCUT2D eigenvalue weighted by atomic mass is 10.1. The van der Waals surface area contributed by atoms with Gasteiger partial charge in [-0.15, -0.1) is 0 Å². The van der Waals surface area contributed by atoms with Gasteiger partial charge in [0.1, 0.15) is 17.1 Å². The lowest BCUT2D eigenvalue weighted by Crippen LogP contribution is -2.36. The zero-order valence-electron chi connectivity index (χ0n) is 24.3. The first-order valence-electron chi connectivity index (χ1n) is 13.9. The van der Waals surface area contributed by atoms with E-state index in [1.165, 1.54) is 23.0 Å². The molecule has 1 aliphatic heterocycles. The third-order valence-corrected chi connectivity index (χ3v) is 7.10. The number of amides is 1. The van der Waals surface area contributed by atoms with Crippen molar-refractivity contribution in [3.05, 3.63) is 93.8 Å². The fourth-order valence-corrected chi connectivity index (χ4v) is 4.99. The number of benzene rings is 2. The highest BCUT2D eigenvalue weighted by Crippen LogP contribution is 2.32. The molecule has 0 spiro atoms. The number of para-hydroxylation sites is 1. The first kappa shape index (κ1) is 30.0. The minimum Gasteiger partial charge on any atom is -0.454 e. The summed E-state index contributed by atoms with van der Waals surface area (Å²) in [5.41, 5.74) is 5.97. The van der Waals surface area contributed by atoms with Crippen LogP contribution in [0.3, 0.4) is 0 Å². The van der Waals surface area contributed by atoms with E-state index in [0.717, 1.165) is 19.2 Å². The van der Waals surface area contributed by atoms with E-state index in [2.05, 4.69) is 15.2 Å². The number of nitrogens with zero attached hydrogens (tertiary/aromatic N) is 4. The Bertz CT molecular complexity index is 1670. The Kier molecular flexibility index (Phi) is 8.62. The number of pyridine rings is 1. The SMILES string of the molecule is Cc1c(C(=O)Nc2ccc(Oc3ccnc(N)c3CN3CCOCC3)c(F)c2)c(=O)n(-c2ccccc2)n1CC(C)(C)O. The molecule has 4 N–H and O–H groups in total. The van der Waals surface area contributed by atoms with Crippen molar-refractivity contribution in [2.75, 3.05) is 37.4 Å². The summed E-state index contributed by atoms with van der Waals surface area (Å²) in [6, 6.07) is 14.5. The molecular formula is C31H35FN6O5. The molecule has 0 saturated carbocycles. The minimum absolute atomic E-state index is 0.0595. The number of carbonyl (C=O) groups is 1. The predicted octanol–water partition coefficient (Wildman–Crippen LogP) is 3.71.